The van der Waals surface area contributed by atoms with Crippen molar-refractivity contribution in [2.75, 3.05) is 67.6 Å². The third kappa shape index (κ3) is 78.3. The first-order chi connectivity index (χ1) is 39.8. The largest absolute Gasteiger partial charge is 0.469 e. The second-order valence-corrected chi connectivity index (χ2v) is 31.7. The molecule has 0 spiro atoms. The van der Waals surface area contributed by atoms with Gasteiger partial charge in [0, 0.05) is 103 Å². The van der Waals surface area contributed by atoms with Gasteiger partial charge in [0.2, 0.25) is 0 Å². The topological polar surface area (TPSA) is 257 Å². The van der Waals surface area contributed by atoms with E-state index in [9.17, 15) is 47.9 Å². The number of ketones is 8. The highest BCUT2D eigenvalue weighted by Crippen LogP contribution is 2.21. The molecule has 0 saturated carbocycles. The SMILES string of the molecule is CC(C)(C)C(=O)CCO.CC(C)(C)C(=O)CO.CCC(=O)C(C)(C)C.CCCC(=O)C(C)(C)C.CCCCC(=O)C(C)(C)C.CCOC(=O)C(C)(C)C.CCOCC(=O)C(C)(C)C.COC(=O)C(C)(C)C.COCC(=O)C(C)(C)C.COCCC(=O)C(C)(C)C. The normalized spacial score (nSPS) is 11.5. The van der Waals surface area contributed by atoms with Gasteiger partial charge < -0.3 is 33.9 Å². The first kappa shape index (κ1) is 108. The van der Waals surface area contributed by atoms with E-state index in [2.05, 4.69) is 16.4 Å². The molecule has 17 heteroatoms. The number of aliphatic hydroxyl groups is 2. The summed E-state index contributed by atoms with van der Waals surface area (Å²) in [7, 11) is 4.53. The minimum atomic E-state index is -0.380. The maximum atomic E-state index is 11.2. The van der Waals surface area contributed by atoms with E-state index in [-0.39, 0.29) is 128 Å². The van der Waals surface area contributed by atoms with Gasteiger partial charge in [-0.25, -0.2) is 0 Å². The number of hydrogen-bond donors (Lipinski definition) is 2. The summed E-state index contributed by atoms with van der Waals surface area (Å²) in [5.41, 5.74) is -2.48. The number of methoxy groups -OCH3 is 3. The van der Waals surface area contributed by atoms with Crippen molar-refractivity contribution in [2.45, 2.75) is 294 Å². The van der Waals surface area contributed by atoms with Crippen molar-refractivity contribution in [1.82, 2.24) is 0 Å². The molecule has 0 aromatic carbocycles. The zero-order valence-corrected chi connectivity index (χ0v) is 65.6. The van der Waals surface area contributed by atoms with Crippen molar-refractivity contribution >= 4 is 58.2 Å². The number of aliphatic hydroxyl groups excluding tert-OH is 2. The van der Waals surface area contributed by atoms with Gasteiger partial charge >= 0.3 is 11.9 Å². The first-order valence-electron chi connectivity index (χ1n) is 32.1. The second-order valence-electron chi connectivity index (χ2n) is 31.7. The molecule has 0 rings (SSSR count). The Morgan fingerprint density at radius 3 is 0.767 bits per heavy atom. The molecular formula is C73H146O17. The summed E-state index contributed by atoms with van der Waals surface area (Å²) in [4.78, 5) is 109. The molecule has 0 fully saturated rings. The third-order valence-electron chi connectivity index (χ3n) is 11.7. The number of esters is 2. The fourth-order valence-electron chi connectivity index (χ4n) is 4.54. The lowest BCUT2D eigenvalue weighted by molar-refractivity contribution is -0.152. The Morgan fingerprint density at radius 2 is 0.622 bits per heavy atom. The summed E-state index contributed by atoms with van der Waals surface area (Å²) in [6, 6.07) is 0. The average Bonchev–Trinajstić information content (AvgIpc) is 3.42. The van der Waals surface area contributed by atoms with Crippen molar-refractivity contribution in [3.8, 4) is 0 Å². The molecular weight excluding hydrogens is 1150 g/mol. The van der Waals surface area contributed by atoms with Crippen molar-refractivity contribution in [3.05, 3.63) is 0 Å². The zero-order valence-electron chi connectivity index (χ0n) is 65.6. The Bertz CT molecular complexity index is 1680. The van der Waals surface area contributed by atoms with Gasteiger partial charge in [-0.05, 0) is 68.2 Å². The van der Waals surface area contributed by atoms with Crippen molar-refractivity contribution in [1.29, 1.82) is 0 Å². The quantitative estimate of drug-likeness (QED) is 0.121. The van der Waals surface area contributed by atoms with Gasteiger partial charge in [0.05, 0.1) is 31.2 Å². The van der Waals surface area contributed by atoms with Crippen LogP contribution in [0.25, 0.3) is 0 Å². The highest BCUT2D eigenvalue weighted by atomic mass is 16.5. The number of rotatable bonds is 18. The van der Waals surface area contributed by atoms with Gasteiger partial charge in [-0.2, -0.15) is 0 Å². The molecule has 0 aliphatic heterocycles. The highest BCUT2D eigenvalue weighted by Gasteiger charge is 2.26. The summed E-state index contributed by atoms with van der Waals surface area (Å²) >= 11 is 0. The van der Waals surface area contributed by atoms with E-state index >= 15 is 0 Å². The summed E-state index contributed by atoms with van der Waals surface area (Å²) in [5, 5.41) is 16.7. The molecule has 0 amide bonds. The number of carbonyl (C=O) groups is 10. The van der Waals surface area contributed by atoms with Crippen LogP contribution in [0.5, 0.6) is 0 Å². The van der Waals surface area contributed by atoms with Crippen LogP contribution in [0.1, 0.15) is 294 Å². The van der Waals surface area contributed by atoms with Crippen LogP contribution in [0, 0.1) is 54.1 Å². The molecule has 0 saturated heterocycles. The monoisotopic (exact) mass is 1300 g/mol. The van der Waals surface area contributed by atoms with Crippen LogP contribution in [0.2, 0.25) is 0 Å². The van der Waals surface area contributed by atoms with Crippen molar-refractivity contribution in [2.24, 2.45) is 54.1 Å². The molecule has 0 aromatic rings. The van der Waals surface area contributed by atoms with Crippen LogP contribution in [0.4, 0.5) is 0 Å². The van der Waals surface area contributed by atoms with E-state index in [4.69, 9.17) is 24.4 Å². The first-order valence-corrected chi connectivity index (χ1v) is 32.1. The maximum Gasteiger partial charge on any atom is 0.311 e. The Morgan fingerprint density at radius 1 is 0.311 bits per heavy atom. The van der Waals surface area contributed by atoms with Gasteiger partial charge in [0.1, 0.15) is 48.7 Å². The van der Waals surface area contributed by atoms with Crippen LogP contribution in [0.15, 0.2) is 0 Å². The van der Waals surface area contributed by atoms with Crippen LogP contribution < -0.4 is 0 Å². The van der Waals surface area contributed by atoms with Crippen LogP contribution in [-0.2, 0) is 71.6 Å². The van der Waals surface area contributed by atoms with E-state index in [1.165, 1.54) is 14.2 Å². The molecule has 90 heavy (non-hydrogen) atoms. The van der Waals surface area contributed by atoms with Gasteiger partial charge in [-0.1, -0.05) is 193 Å². The molecule has 0 unspecified atom stereocenters. The number of Topliss-reactive ketones (excluding diaryl/α,β-unsaturated/α-hetero) is 8. The molecule has 0 aromatic heterocycles. The second kappa shape index (κ2) is 53.5. The van der Waals surface area contributed by atoms with Crippen LogP contribution in [0.3, 0.4) is 0 Å². The molecule has 0 aliphatic carbocycles. The van der Waals surface area contributed by atoms with Crippen LogP contribution in [-0.4, -0.2) is 136 Å². The van der Waals surface area contributed by atoms with Gasteiger partial charge in [-0.15, -0.1) is 0 Å². The number of ether oxygens (including phenoxy) is 5. The average molecular weight is 1300 g/mol. The number of unbranched alkanes of at least 4 members (excludes halogenated alkanes) is 1. The molecule has 0 radical (unpaired) electrons. The van der Waals surface area contributed by atoms with E-state index in [0.29, 0.717) is 50.0 Å². The Kier molecular flexibility index (Phi) is 64.0. The molecule has 0 aliphatic rings. The Balaban J connectivity index is -0.0000000989. The molecule has 0 heterocycles. The molecule has 2 N–H and O–H groups in total. The fraction of sp³-hybridized carbons (Fsp3) is 0.863. The Hall–Kier alpha value is -3.90. The predicted molar refractivity (Wildman–Crippen MR) is 372 cm³/mol. The highest BCUT2D eigenvalue weighted by molar-refractivity contribution is 5.87. The summed E-state index contributed by atoms with van der Waals surface area (Å²) in [6.07, 6.45) is 6.06. The van der Waals surface area contributed by atoms with Gasteiger partial charge in [-0.3, -0.25) is 47.9 Å². The summed E-state index contributed by atoms with van der Waals surface area (Å²) < 4.78 is 23.7. The number of carbonyl (C=O) groups excluding carboxylic acids is 10. The van der Waals surface area contributed by atoms with E-state index in [1.807, 2.05) is 215 Å². The molecule has 17 nitrogen and oxygen atoms in total. The van der Waals surface area contributed by atoms with Crippen molar-refractivity contribution in [3.63, 3.8) is 0 Å². The minimum Gasteiger partial charge on any atom is -0.469 e. The van der Waals surface area contributed by atoms with Crippen molar-refractivity contribution < 1.29 is 81.8 Å². The zero-order chi connectivity index (χ0) is 74.9. The lowest BCUT2D eigenvalue weighted by atomic mass is 9.88. The van der Waals surface area contributed by atoms with Gasteiger partial charge in [0.25, 0.3) is 0 Å². The van der Waals surface area contributed by atoms with E-state index in [0.717, 1.165) is 32.1 Å². The lowest BCUT2D eigenvalue weighted by Gasteiger charge is -2.15. The maximum absolute atomic E-state index is 11.2. The smallest absolute Gasteiger partial charge is 0.311 e. The van der Waals surface area contributed by atoms with Gasteiger partial charge in [0.15, 0.2) is 17.3 Å². The molecule has 540 valence electrons. The summed E-state index contributed by atoms with van der Waals surface area (Å²) in [5.74, 6) is 1.34. The third-order valence-corrected chi connectivity index (χ3v) is 11.7. The Labute approximate surface area is 553 Å². The predicted octanol–water partition coefficient (Wildman–Crippen LogP) is 16.1. The van der Waals surface area contributed by atoms with E-state index in [1.54, 1.807) is 27.9 Å². The minimum absolute atomic E-state index is 0.0316. The molecule has 0 atom stereocenters. The summed E-state index contributed by atoms with van der Waals surface area (Å²) in [6.45, 7) is 68.1. The number of hydrogen-bond acceptors (Lipinski definition) is 17. The van der Waals surface area contributed by atoms with E-state index < -0.39 is 0 Å². The lowest BCUT2D eigenvalue weighted by Crippen LogP contribution is -2.24. The molecule has 0 bridgehead atoms. The fourth-order valence-corrected chi connectivity index (χ4v) is 4.54. The standard InChI is InChI=1S/C9H18O.2C8H16O2.C8H16O.3C7H14O2.C7H14O.2C6H12O2/c1-5-6-7-8(10)9(2,3)4;1-8(2,3)7(9)5-6-10-4;1-5-10-6-7(9)8(2,3)4;1-5-6-7(9)8(2,3)4;1-7(2,3)6(8)5-9-4;1-7(2,3)6(9)4-5-8;1-5-9-6(8)7(2,3)4;1-5-6(8)7(2,3)4;1-6(2,3)5(7)8-4;1-6(2,3)5(8)4-7/h5-7H2,1-4H3;2*5-6H2,1-4H3;5-6H2,1-4H3;5H2,1-4H3;8H,4-5H2,1-3H3;5H2,1-4H3;5H2,1-4H3;1-4H3;7H,4H2,1-3H3. The van der Waals surface area contributed by atoms with Crippen LogP contribution >= 0.6 is 0 Å².